The number of hydrogen-bond acceptors (Lipinski definition) is 5. The van der Waals surface area contributed by atoms with E-state index >= 15 is 0 Å². The van der Waals surface area contributed by atoms with E-state index in [1.165, 1.54) is 19.2 Å². The highest BCUT2D eigenvalue weighted by molar-refractivity contribution is 5.79. The lowest BCUT2D eigenvalue weighted by Gasteiger charge is -2.21. The van der Waals surface area contributed by atoms with E-state index in [0.717, 1.165) is 49.4 Å². The van der Waals surface area contributed by atoms with Crippen molar-refractivity contribution >= 4 is 17.5 Å². The van der Waals surface area contributed by atoms with Crippen LogP contribution in [0.15, 0.2) is 6.33 Å². The third-order valence-electron chi connectivity index (χ3n) is 5.45. The molecular weight excluding hydrogens is 304 g/mol. The van der Waals surface area contributed by atoms with Gasteiger partial charge in [-0.25, -0.2) is 4.98 Å². The SMILES string of the molecule is Cc1nc2ncnn2c(NC2CCN(C(=O)C3CCCC3)C2)c1C. The highest BCUT2D eigenvalue weighted by atomic mass is 16.2. The number of amides is 1. The summed E-state index contributed by atoms with van der Waals surface area (Å²) in [6.07, 6.45) is 7.02. The molecule has 7 nitrogen and oxygen atoms in total. The van der Waals surface area contributed by atoms with E-state index < -0.39 is 0 Å². The van der Waals surface area contributed by atoms with Crippen LogP contribution in [0.3, 0.4) is 0 Å². The second-order valence-corrected chi connectivity index (χ2v) is 7.04. The molecule has 2 aliphatic rings. The monoisotopic (exact) mass is 328 g/mol. The van der Waals surface area contributed by atoms with Gasteiger partial charge in [0.05, 0.1) is 0 Å². The van der Waals surface area contributed by atoms with Crippen LogP contribution in [0, 0.1) is 19.8 Å². The third-order valence-corrected chi connectivity index (χ3v) is 5.45. The van der Waals surface area contributed by atoms with Crippen LogP contribution in [0.1, 0.15) is 43.4 Å². The number of nitrogens with zero attached hydrogens (tertiary/aromatic N) is 5. The fraction of sp³-hybridized carbons (Fsp3) is 0.647. The zero-order valence-electron chi connectivity index (χ0n) is 14.3. The normalized spacial score (nSPS) is 21.8. The Morgan fingerprint density at radius 3 is 2.83 bits per heavy atom. The van der Waals surface area contributed by atoms with Crippen molar-refractivity contribution in [3.63, 3.8) is 0 Å². The molecule has 2 aromatic heterocycles. The van der Waals surface area contributed by atoms with Gasteiger partial charge in [-0.1, -0.05) is 12.8 Å². The van der Waals surface area contributed by atoms with Gasteiger partial charge in [0.25, 0.3) is 5.78 Å². The van der Waals surface area contributed by atoms with Crippen LogP contribution in [0.25, 0.3) is 5.78 Å². The molecule has 3 heterocycles. The topological polar surface area (TPSA) is 75.4 Å². The van der Waals surface area contributed by atoms with Crippen molar-refractivity contribution in [1.29, 1.82) is 0 Å². The van der Waals surface area contributed by atoms with Gasteiger partial charge in [-0.05, 0) is 33.1 Å². The van der Waals surface area contributed by atoms with Crippen LogP contribution >= 0.6 is 0 Å². The first-order valence-electron chi connectivity index (χ1n) is 8.85. The van der Waals surface area contributed by atoms with E-state index in [-0.39, 0.29) is 12.0 Å². The number of carbonyl (C=O) groups excluding carboxylic acids is 1. The minimum Gasteiger partial charge on any atom is -0.365 e. The molecule has 0 aromatic carbocycles. The second kappa shape index (κ2) is 6.03. The number of hydrogen-bond donors (Lipinski definition) is 1. The molecule has 1 atom stereocenters. The number of anilines is 1. The Labute approximate surface area is 141 Å². The molecule has 1 saturated heterocycles. The number of aryl methyl sites for hydroxylation is 1. The van der Waals surface area contributed by atoms with E-state index in [4.69, 9.17) is 0 Å². The van der Waals surface area contributed by atoms with Gasteiger partial charge in [-0.15, -0.1) is 0 Å². The Balaban J connectivity index is 1.50. The van der Waals surface area contributed by atoms with Gasteiger partial charge >= 0.3 is 0 Å². The van der Waals surface area contributed by atoms with Crippen LogP contribution in [0.2, 0.25) is 0 Å². The lowest BCUT2D eigenvalue weighted by molar-refractivity contribution is -0.134. The quantitative estimate of drug-likeness (QED) is 0.932. The van der Waals surface area contributed by atoms with Gasteiger partial charge in [-0.2, -0.15) is 14.6 Å². The average molecular weight is 328 g/mol. The van der Waals surface area contributed by atoms with Crippen molar-refractivity contribution in [3.05, 3.63) is 17.6 Å². The summed E-state index contributed by atoms with van der Waals surface area (Å²) in [6, 6.07) is 0.253. The summed E-state index contributed by atoms with van der Waals surface area (Å²) >= 11 is 0. The molecule has 1 N–H and O–H groups in total. The van der Waals surface area contributed by atoms with Gasteiger partial charge in [0.15, 0.2) is 0 Å². The lowest BCUT2D eigenvalue weighted by Crippen LogP contribution is -2.35. The number of likely N-dealkylation sites (tertiary alicyclic amines) is 1. The lowest BCUT2D eigenvalue weighted by atomic mass is 10.1. The molecule has 1 unspecified atom stereocenters. The van der Waals surface area contributed by atoms with Gasteiger partial charge in [0.2, 0.25) is 5.91 Å². The van der Waals surface area contributed by atoms with E-state index in [1.807, 2.05) is 18.7 Å². The molecule has 1 amide bonds. The Hall–Kier alpha value is -2.18. The van der Waals surface area contributed by atoms with Crippen molar-refractivity contribution in [3.8, 4) is 0 Å². The number of carbonyl (C=O) groups is 1. The van der Waals surface area contributed by atoms with Crippen LogP contribution in [0.5, 0.6) is 0 Å². The van der Waals surface area contributed by atoms with Crippen molar-refractivity contribution in [2.75, 3.05) is 18.4 Å². The molecule has 7 heteroatoms. The van der Waals surface area contributed by atoms with Crippen LogP contribution < -0.4 is 5.32 Å². The minimum absolute atomic E-state index is 0.253. The first-order chi connectivity index (χ1) is 11.6. The predicted molar refractivity (Wildman–Crippen MR) is 90.8 cm³/mol. The van der Waals surface area contributed by atoms with E-state index in [2.05, 4.69) is 20.4 Å². The molecule has 0 radical (unpaired) electrons. The zero-order valence-corrected chi connectivity index (χ0v) is 14.3. The molecule has 2 aromatic rings. The largest absolute Gasteiger partial charge is 0.365 e. The van der Waals surface area contributed by atoms with Crippen molar-refractivity contribution in [2.24, 2.45) is 5.92 Å². The fourth-order valence-electron chi connectivity index (χ4n) is 3.91. The molecule has 2 fully saturated rings. The summed E-state index contributed by atoms with van der Waals surface area (Å²) in [6.45, 7) is 5.64. The smallest absolute Gasteiger partial charge is 0.254 e. The number of rotatable bonds is 3. The Kier molecular flexibility index (Phi) is 3.86. The molecule has 1 aliphatic heterocycles. The molecular formula is C17H24N6O. The summed E-state index contributed by atoms with van der Waals surface area (Å²) in [5, 5.41) is 7.86. The van der Waals surface area contributed by atoms with Crippen LogP contribution in [0.4, 0.5) is 5.82 Å². The molecule has 0 bridgehead atoms. The summed E-state index contributed by atoms with van der Waals surface area (Å²) in [5.41, 5.74) is 2.03. The summed E-state index contributed by atoms with van der Waals surface area (Å²) in [7, 11) is 0. The zero-order chi connectivity index (χ0) is 16.7. The Morgan fingerprint density at radius 1 is 1.25 bits per heavy atom. The maximum atomic E-state index is 12.6. The van der Waals surface area contributed by atoms with Gasteiger partial charge in [-0.3, -0.25) is 4.79 Å². The summed E-state index contributed by atoms with van der Waals surface area (Å²) in [4.78, 5) is 23.3. The second-order valence-electron chi connectivity index (χ2n) is 7.04. The molecule has 0 spiro atoms. The van der Waals surface area contributed by atoms with Gasteiger partial charge in [0, 0.05) is 36.3 Å². The molecule has 1 saturated carbocycles. The summed E-state index contributed by atoms with van der Waals surface area (Å²) in [5.74, 6) is 2.16. The van der Waals surface area contributed by atoms with Crippen molar-refractivity contribution in [1.82, 2.24) is 24.5 Å². The predicted octanol–water partition coefficient (Wildman–Crippen LogP) is 1.94. The average Bonchev–Trinajstić information content (AvgIpc) is 3.31. The van der Waals surface area contributed by atoms with E-state index in [0.29, 0.717) is 11.7 Å². The fourth-order valence-corrected chi connectivity index (χ4v) is 3.91. The highest BCUT2D eigenvalue weighted by Gasteiger charge is 2.32. The minimum atomic E-state index is 0.253. The molecule has 24 heavy (non-hydrogen) atoms. The number of fused-ring (bicyclic) bond motifs is 1. The number of aromatic nitrogens is 4. The first-order valence-corrected chi connectivity index (χ1v) is 8.85. The molecule has 1 aliphatic carbocycles. The van der Waals surface area contributed by atoms with Crippen molar-refractivity contribution in [2.45, 2.75) is 52.0 Å². The third kappa shape index (κ3) is 2.61. The number of nitrogens with one attached hydrogen (secondary N) is 1. The Morgan fingerprint density at radius 2 is 2.04 bits per heavy atom. The molecule has 128 valence electrons. The van der Waals surface area contributed by atoms with Crippen LogP contribution in [-0.4, -0.2) is 49.5 Å². The maximum Gasteiger partial charge on any atom is 0.254 e. The van der Waals surface area contributed by atoms with Crippen LogP contribution in [-0.2, 0) is 4.79 Å². The van der Waals surface area contributed by atoms with E-state index in [9.17, 15) is 4.79 Å². The maximum absolute atomic E-state index is 12.6. The standard InChI is InChI=1S/C17H24N6O/c1-11-12(2)20-17-18-10-19-23(17)15(11)21-14-7-8-22(9-14)16(24)13-5-3-4-6-13/h10,13-14,21H,3-9H2,1-2H3. The summed E-state index contributed by atoms with van der Waals surface area (Å²) < 4.78 is 1.75. The van der Waals surface area contributed by atoms with Gasteiger partial charge in [0.1, 0.15) is 12.1 Å². The Bertz CT molecular complexity index is 764. The first kappa shape index (κ1) is 15.4. The highest BCUT2D eigenvalue weighted by Crippen LogP contribution is 2.28. The van der Waals surface area contributed by atoms with Crippen molar-refractivity contribution < 1.29 is 4.79 Å². The van der Waals surface area contributed by atoms with Gasteiger partial charge < -0.3 is 10.2 Å². The van der Waals surface area contributed by atoms with E-state index in [1.54, 1.807) is 4.52 Å². The molecule has 4 rings (SSSR count).